The lowest BCUT2D eigenvalue weighted by Gasteiger charge is -2.32. The maximum Gasteiger partial charge on any atom is 0.220 e. The van der Waals surface area contributed by atoms with Gasteiger partial charge in [-0.1, -0.05) is 48.5 Å². The number of hydrogen-bond donors (Lipinski definition) is 1. The van der Waals surface area contributed by atoms with Crippen LogP contribution >= 0.6 is 0 Å². The standard InChI is InChI=1S/C27H35N3O/c1-29-21-24(25-10-5-6-11-26(25)29)12-13-27(31)28-16-7-17-30-18-14-23(15-19-30)20-22-8-3-2-4-9-22/h2-6,8-11,21,23H,7,12-20H2,1H3,(H,28,31). The second kappa shape index (κ2) is 10.6. The van der Waals surface area contributed by atoms with Gasteiger partial charge in [-0.15, -0.1) is 0 Å². The molecule has 1 N–H and O–H groups in total. The Bertz CT molecular complexity index is 971. The van der Waals surface area contributed by atoms with E-state index in [1.54, 1.807) is 0 Å². The number of rotatable bonds is 9. The Labute approximate surface area is 186 Å². The van der Waals surface area contributed by atoms with Gasteiger partial charge in [0.05, 0.1) is 0 Å². The van der Waals surface area contributed by atoms with Gasteiger partial charge in [-0.05, 0) is 74.8 Å². The van der Waals surface area contributed by atoms with Gasteiger partial charge in [0, 0.05) is 37.1 Å². The molecular formula is C27H35N3O. The summed E-state index contributed by atoms with van der Waals surface area (Å²) in [5.74, 6) is 0.974. The smallest absolute Gasteiger partial charge is 0.220 e. The van der Waals surface area contributed by atoms with E-state index in [4.69, 9.17) is 0 Å². The average molecular weight is 418 g/mol. The molecule has 3 aromatic rings. The van der Waals surface area contributed by atoms with Gasteiger partial charge in [-0.3, -0.25) is 4.79 Å². The lowest BCUT2D eigenvalue weighted by Crippen LogP contribution is -2.36. The third-order valence-electron chi connectivity index (χ3n) is 6.65. The molecule has 4 heteroatoms. The Morgan fingerprint density at radius 3 is 2.58 bits per heavy atom. The van der Waals surface area contributed by atoms with Crippen molar-refractivity contribution < 1.29 is 4.79 Å². The number of aromatic nitrogens is 1. The van der Waals surface area contributed by atoms with E-state index < -0.39 is 0 Å². The molecule has 1 saturated heterocycles. The predicted molar refractivity (Wildman–Crippen MR) is 128 cm³/mol. The van der Waals surface area contributed by atoms with Gasteiger partial charge in [0.15, 0.2) is 0 Å². The molecule has 1 aromatic heterocycles. The van der Waals surface area contributed by atoms with Crippen molar-refractivity contribution in [1.29, 1.82) is 0 Å². The quantitative estimate of drug-likeness (QED) is 0.518. The fourth-order valence-electron chi connectivity index (χ4n) is 4.85. The van der Waals surface area contributed by atoms with Crippen LogP contribution in [0.1, 0.15) is 36.8 Å². The van der Waals surface area contributed by atoms with Crippen molar-refractivity contribution in [3.05, 3.63) is 71.9 Å². The molecule has 164 valence electrons. The number of aryl methyl sites for hydroxylation is 2. The molecule has 1 amide bonds. The molecule has 1 fully saturated rings. The van der Waals surface area contributed by atoms with Crippen LogP contribution in [0.25, 0.3) is 10.9 Å². The first-order chi connectivity index (χ1) is 15.2. The van der Waals surface area contributed by atoms with Crippen LogP contribution in [-0.2, 0) is 24.7 Å². The first-order valence-electron chi connectivity index (χ1n) is 11.7. The lowest BCUT2D eigenvalue weighted by atomic mass is 9.90. The first kappa shape index (κ1) is 21.6. The van der Waals surface area contributed by atoms with Gasteiger partial charge >= 0.3 is 0 Å². The van der Waals surface area contributed by atoms with Crippen LogP contribution in [0.4, 0.5) is 0 Å². The number of nitrogens with zero attached hydrogens (tertiary/aromatic N) is 2. The number of fused-ring (bicyclic) bond motifs is 1. The molecule has 0 atom stereocenters. The Hall–Kier alpha value is -2.59. The summed E-state index contributed by atoms with van der Waals surface area (Å²) >= 11 is 0. The summed E-state index contributed by atoms with van der Waals surface area (Å²) in [4.78, 5) is 14.9. The summed E-state index contributed by atoms with van der Waals surface area (Å²) in [5, 5.41) is 4.37. The molecule has 1 aliphatic heterocycles. The van der Waals surface area contributed by atoms with Crippen molar-refractivity contribution in [2.45, 2.75) is 38.5 Å². The number of likely N-dealkylation sites (tertiary alicyclic amines) is 1. The van der Waals surface area contributed by atoms with E-state index in [0.717, 1.165) is 31.8 Å². The van der Waals surface area contributed by atoms with Gasteiger partial charge in [0.2, 0.25) is 5.91 Å². The Morgan fingerprint density at radius 1 is 1.03 bits per heavy atom. The van der Waals surface area contributed by atoms with Crippen molar-refractivity contribution in [1.82, 2.24) is 14.8 Å². The SMILES string of the molecule is Cn1cc(CCC(=O)NCCCN2CCC(Cc3ccccc3)CC2)c2ccccc21. The normalized spacial score (nSPS) is 15.4. The topological polar surface area (TPSA) is 37.3 Å². The number of benzene rings is 2. The molecule has 1 aliphatic rings. The fourth-order valence-corrected chi connectivity index (χ4v) is 4.85. The molecule has 4 nitrogen and oxygen atoms in total. The van der Waals surface area contributed by atoms with E-state index >= 15 is 0 Å². The number of nitrogens with one attached hydrogen (secondary N) is 1. The third kappa shape index (κ3) is 5.98. The minimum Gasteiger partial charge on any atom is -0.356 e. The van der Waals surface area contributed by atoms with Gasteiger partial charge in [0.25, 0.3) is 0 Å². The summed E-state index contributed by atoms with van der Waals surface area (Å²) in [6.07, 6.45) is 8.31. The van der Waals surface area contributed by atoms with Crippen molar-refractivity contribution in [3.8, 4) is 0 Å². The summed E-state index contributed by atoms with van der Waals surface area (Å²) in [6, 6.07) is 19.3. The number of carbonyl (C=O) groups excluding carboxylic acids is 1. The van der Waals surface area contributed by atoms with E-state index in [1.165, 1.54) is 54.4 Å². The zero-order valence-corrected chi connectivity index (χ0v) is 18.7. The van der Waals surface area contributed by atoms with Crippen LogP contribution in [-0.4, -0.2) is 41.6 Å². The van der Waals surface area contributed by atoms with Gasteiger partial charge in [-0.25, -0.2) is 0 Å². The Balaban J connectivity index is 1.10. The molecule has 0 saturated carbocycles. The van der Waals surface area contributed by atoms with Crippen LogP contribution < -0.4 is 5.32 Å². The largest absolute Gasteiger partial charge is 0.356 e. The highest BCUT2D eigenvalue weighted by Crippen LogP contribution is 2.22. The number of hydrogen-bond acceptors (Lipinski definition) is 2. The minimum atomic E-state index is 0.162. The van der Waals surface area contributed by atoms with E-state index in [1.807, 2.05) is 0 Å². The molecule has 0 unspecified atom stereocenters. The molecule has 0 aliphatic carbocycles. The van der Waals surface area contributed by atoms with Crippen molar-refractivity contribution in [3.63, 3.8) is 0 Å². The molecule has 0 radical (unpaired) electrons. The molecule has 2 heterocycles. The van der Waals surface area contributed by atoms with E-state index in [0.29, 0.717) is 6.42 Å². The Morgan fingerprint density at radius 2 is 1.77 bits per heavy atom. The highest BCUT2D eigenvalue weighted by molar-refractivity contribution is 5.84. The second-order valence-corrected chi connectivity index (χ2v) is 8.96. The molecular weight excluding hydrogens is 382 g/mol. The molecule has 4 rings (SSSR count). The van der Waals surface area contributed by atoms with Gasteiger partial charge in [-0.2, -0.15) is 0 Å². The monoisotopic (exact) mass is 417 g/mol. The van der Waals surface area contributed by atoms with Crippen molar-refractivity contribution in [2.24, 2.45) is 13.0 Å². The van der Waals surface area contributed by atoms with Gasteiger partial charge in [0.1, 0.15) is 0 Å². The summed E-state index contributed by atoms with van der Waals surface area (Å²) in [5.41, 5.74) is 3.95. The van der Waals surface area contributed by atoms with E-state index in [-0.39, 0.29) is 5.91 Å². The zero-order chi connectivity index (χ0) is 21.5. The fraction of sp³-hybridized carbons (Fsp3) is 0.444. The maximum atomic E-state index is 12.3. The second-order valence-electron chi connectivity index (χ2n) is 8.96. The van der Waals surface area contributed by atoms with Crippen molar-refractivity contribution >= 4 is 16.8 Å². The summed E-state index contributed by atoms with van der Waals surface area (Å²) < 4.78 is 2.14. The van der Waals surface area contributed by atoms with Crippen LogP contribution in [0.15, 0.2) is 60.8 Å². The number of amides is 1. The Kier molecular flexibility index (Phi) is 7.42. The van der Waals surface area contributed by atoms with Crippen molar-refractivity contribution in [2.75, 3.05) is 26.2 Å². The zero-order valence-electron chi connectivity index (χ0n) is 18.7. The lowest BCUT2D eigenvalue weighted by molar-refractivity contribution is -0.121. The number of para-hydroxylation sites is 1. The molecule has 0 bridgehead atoms. The number of piperidine rings is 1. The molecule has 2 aromatic carbocycles. The van der Waals surface area contributed by atoms with Crippen LogP contribution in [0.3, 0.4) is 0 Å². The van der Waals surface area contributed by atoms with Gasteiger partial charge < -0.3 is 14.8 Å². The highest BCUT2D eigenvalue weighted by atomic mass is 16.1. The predicted octanol–water partition coefficient (Wildman–Crippen LogP) is 4.57. The van der Waals surface area contributed by atoms with Crippen LogP contribution in [0, 0.1) is 5.92 Å². The first-order valence-corrected chi connectivity index (χ1v) is 11.7. The van der Waals surface area contributed by atoms with Crippen LogP contribution in [0.5, 0.6) is 0 Å². The minimum absolute atomic E-state index is 0.162. The number of carbonyl (C=O) groups is 1. The average Bonchev–Trinajstić information content (AvgIpc) is 3.13. The van der Waals surface area contributed by atoms with E-state index in [9.17, 15) is 4.79 Å². The highest BCUT2D eigenvalue weighted by Gasteiger charge is 2.19. The third-order valence-corrected chi connectivity index (χ3v) is 6.65. The maximum absolute atomic E-state index is 12.3. The molecule has 31 heavy (non-hydrogen) atoms. The molecule has 0 spiro atoms. The van der Waals surface area contributed by atoms with E-state index in [2.05, 4.69) is 82.6 Å². The summed E-state index contributed by atoms with van der Waals surface area (Å²) in [7, 11) is 2.07. The summed E-state index contributed by atoms with van der Waals surface area (Å²) in [6.45, 7) is 4.24. The van der Waals surface area contributed by atoms with Crippen LogP contribution in [0.2, 0.25) is 0 Å².